The van der Waals surface area contributed by atoms with E-state index in [9.17, 15) is 22.8 Å². The van der Waals surface area contributed by atoms with Gasteiger partial charge in [-0.3, -0.25) is 9.59 Å². The molecule has 3 N–H and O–H groups in total. The van der Waals surface area contributed by atoms with E-state index in [0.717, 1.165) is 0 Å². The summed E-state index contributed by atoms with van der Waals surface area (Å²) in [5.41, 5.74) is 0.505. The molecule has 0 aliphatic heterocycles. The van der Waals surface area contributed by atoms with Gasteiger partial charge < -0.3 is 15.7 Å². The summed E-state index contributed by atoms with van der Waals surface area (Å²) in [7, 11) is -3.37. The molecule has 1 rings (SSSR count). The Kier molecular flexibility index (Phi) is 8.42. The van der Waals surface area contributed by atoms with E-state index in [1.165, 1.54) is 19.1 Å². The first-order valence-electron chi connectivity index (χ1n) is 8.65. The van der Waals surface area contributed by atoms with E-state index >= 15 is 0 Å². The molecule has 0 aromatic heterocycles. The van der Waals surface area contributed by atoms with E-state index in [1.54, 1.807) is 12.1 Å². The lowest BCUT2D eigenvalue weighted by Crippen LogP contribution is -2.46. The molecule has 0 aliphatic rings. The van der Waals surface area contributed by atoms with E-state index in [0.29, 0.717) is 5.56 Å². The molecule has 1 aromatic carbocycles. The zero-order valence-corrected chi connectivity index (χ0v) is 16.5. The Hall–Kier alpha value is -2.42. The number of hydrogen-bond donors (Lipinski definition) is 3. The number of amides is 2. The van der Waals surface area contributed by atoms with Crippen LogP contribution in [-0.4, -0.2) is 49.6 Å². The maximum Gasteiger partial charge on any atom is 0.326 e. The molecule has 1 aromatic rings. The van der Waals surface area contributed by atoms with Crippen LogP contribution in [0, 0.1) is 5.92 Å². The van der Waals surface area contributed by atoms with Crippen LogP contribution in [0.5, 0.6) is 0 Å². The van der Waals surface area contributed by atoms with Gasteiger partial charge in [0.25, 0.3) is 0 Å². The van der Waals surface area contributed by atoms with E-state index in [1.807, 2.05) is 13.8 Å². The molecule has 0 saturated carbocycles. The zero-order valence-electron chi connectivity index (χ0n) is 15.7. The van der Waals surface area contributed by atoms with Gasteiger partial charge in [-0.05, 0) is 30.0 Å². The van der Waals surface area contributed by atoms with Crippen molar-refractivity contribution in [2.75, 3.05) is 12.3 Å². The number of benzene rings is 1. The van der Waals surface area contributed by atoms with Crippen molar-refractivity contribution in [1.82, 2.24) is 10.6 Å². The Morgan fingerprint density at radius 2 is 1.81 bits per heavy atom. The number of sulfone groups is 1. The summed E-state index contributed by atoms with van der Waals surface area (Å²) in [5, 5.41) is 13.9. The third-order valence-corrected chi connectivity index (χ3v) is 5.52. The van der Waals surface area contributed by atoms with E-state index in [2.05, 4.69) is 10.6 Å². The number of carboxylic acid groups (broad SMARTS) is 1. The monoisotopic (exact) mass is 398 g/mol. The highest BCUT2D eigenvalue weighted by molar-refractivity contribution is 7.91. The van der Waals surface area contributed by atoms with Gasteiger partial charge in [-0.25, -0.2) is 13.2 Å². The smallest absolute Gasteiger partial charge is 0.326 e. The second-order valence-corrected chi connectivity index (χ2v) is 8.87. The Bertz CT molecular complexity index is 789. The minimum atomic E-state index is -3.37. The van der Waals surface area contributed by atoms with Crippen molar-refractivity contribution in [3.05, 3.63) is 29.8 Å². The summed E-state index contributed by atoms with van der Waals surface area (Å²) in [6.07, 6.45) is 0.197. The average Bonchev–Trinajstić information content (AvgIpc) is 2.59. The van der Waals surface area contributed by atoms with Crippen LogP contribution in [0.15, 0.2) is 29.2 Å². The van der Waals surface area contributed by atoms with Gasteiger partial charge in [0.15, 0.2) is 9.84 Å². The summed E-state index contributed by atoms with van der Waals surface area (Å²) in [6.45, 7) is 4.87. The number of nitrogens with one attached hydrogen (secondary N) is 2. The van der Waals surface area contributed by atoms with Gasteiger partial charge in [0.1, 0.15) is 6.04 Å². The third kappa shape index (κ3) is 7.78. The van der Waals surface area contributed by atoms with Gasteiger partial charge in [0.05, 0.1) is 23.6 Å². The second-order valence-electron chi connectivity index (χ2n) is 6.59. The fraction of sp³-hybridized carbons (Fsp3) is 0.500. The molecule has 0 saturated heterocycles. The van der Waals surface area contributed by atoms with E-state index in [4.69, 9.17) is 5.11 Å². The molecule has 0 heterocycles. The standard InChI is InChI=1S/C18H26N2O6S/c1-4-27(25,26)14-7-5-6-13(9-14)10-16(21)19-11-17(22)20-15(18(23)24)8-12(2)3/h5-7,9,12,15H,4,8,10-11H2,1-3H3,(H,19,21)(H,20,22)(H,23,24)/t15-/m0/s1. The fourth-order valence-electron chi connectivity index (χ4n) is 2.38. The SMILES string of the molecule is CCS(=O)(=O)c1cccc(CC(=O)NCC(=O)N[C@@H](CC(C)C)C(=O)O)c1. The lowest BCUT2D eigenvalue weighted by atomic mass is 10.0. The average molecular weight is 398 g/mol. The topological polar surface area (TPSA) is 130 Å². The predicted molar refractivity (Wildman–Crippen MR) is 99.9 cm³/mol. The zero-order chi connectivity index (χ0) is 20.6. The summed E-state index contributed by atoms with van der Waals surface area (Å²) in [5.74, 6) is -2.14. The highest BCUT2D eigenvalue weighted by atomic mass is 32.2. The molecular formula is C18H26N2O6S. The lowest BCUT2D eigenvalue weighted by molar-refractivity contribution is -0.142. The number of carboxylic acids is 1. The van der Waals surface area contributed by atoms with Crippen molar-refractivity contribution < 1.29 is 27.9 Å². The minimum Gasteiger partial charge on any atom is -0.480 e. The van der Waals surface area contributed by atoms with Crippen LogP contribution in [0.3, 0.4) is 0 Å². The van der Waals surface area contributed by atoms with Crippen molar-refractivity contribution >= 4 is 27.6 Å². The lowest BCUT2D eigenvalue weighted by Gasteiger charge is -2.16. The van der Waals surface area contributed by atoms with Gasteiger partial charge in [-0.2, -0.15) is 0 Å². The molecule has 0 radical (unpaired) electrons. The number of carbonyl (C=O) groups is 3. The first kappa shape index (κ1) is 22.6. The Labute approximate surface area is 159 Å². The van der Waals surface area contributed by atoms with Crippen molar-refractivity contribution in [1.29, 1.82) is 0 Å². The van der Waals surface area contributed by atoms with Gasteiger partial charge in [0.2, 0.25) is 11.8 Å². The van der Waals surface area contributed by atoms with Crippen LogP contribution in [0.25, 0.3) is 0 Å². The Morgan fingerprint density at radius 1 is 1.15 bits per heavy atom. The highest BCUT2D eigenvalue weighted by Crippen LogP contribution is 2.13. The summed E-state index contributed by atoms with van der Waals surface area (Å²) >= 11 is 0. The summed E-state index contributed by atoms with van der Waals surface area (Å²) in [4.78, 5) is 35.1. The van der Waals surface area contributed by atoms with Crippen molar-refractivity contribution in [2.45, 2.75) is 44.6 Å². The molecule has 9 heteroatoms. The summed E-state index contributed by atoms with van der Waals surface area (Å²) in [6, 6.07) is 5.07. The Morgan fingerprint density at radius 3 is 2.37 bits per heavy atom. The number of carbonyl (C=O) groups excluding carboxylic acids is 2. The molecule has 0 aliphatic carbocycles. The number of rotatable bonds is 10. The van der Waals surface area contributed by atoms with E-state index in [-0.39, 0.29) is 36.0 Å². The van der Waals surface area contributed by atoms with Crippen LogP contribution >= 0.6 is 0 Å². The molecule has 27 heavy (non-hydrogen) atoms. The molecule has 0 fully saturated rings. The molecule has 0 spiro atoms. The maximum absolute atomic E-state index is 12.0. The maximum atomic E-state index is 12.0. The number of hydrogen-bond acceptors (Lipinski definition) is 5. The van der Waals surface area contributed by atoms with Crippen LogP contribution in [-0.2, 0) is 30.6 Å². The molecule has 8 nitrogen and oxygen atoms in total. The second kappa shape index (κ2) is 10.1. The normalized spacial score (nSPS) is 12.4. The van der Waals surface area contributed by atoms with E-state index < -0.39 is 33.7 Å². The molecule has 2 amide bonds. The number of aliphatic carboxylic acids is 1. The van der Waals surface area contributed by atoms with Gasteiger partial charge in [-0.1, -0.05) is 32.9 Å². The first-order valence-corrected chi connectivity index (χ1v) is 10.3. The first-order chi connectivity index (χ1) is 12.5. The fourth-order valence-corrected chi connectivity index (χ4v) is 3.33. The highest BCUT2D eigenvalue weighted by Gasteiger charge is 2.21. The molecule has 150 valence electrons. The van der Waals surface area contributed by atoms with Crippen molar-refractivity contribution in [2.24, 2.45) is 5.92 Å². The van der Waals surface area contributed by atoms with Crippen molar-refractivity contribution in [3.63, 3.8) is 0 Å². The summed E-state index contributed by atoms with van der Waals surface area (Å²) < 4.78 is 23.8. The molecule has 0 bridgehead atoms. The van der Waals surface area contributed by atoms with Crippen LogP contribution in [0.2, 0.25) is 0 Å². The molecular weight excluding hydrogens is 372 g/mol. The van der Waals surface area contributed by atoms with Crippen LogP contribution < -0.4 is 10.6 Å². The third-order valence-electron chi connectivity index (χ3n) is 3.79. The predicted octanol–water partition coefficient (Wildman–Crippen LogP) is 0.754. The molecule has 1 atom stereocenters. The van der Waals surface area contributed by atoms with Crippen LogP contribution in [0.1, 0.15) is 32.8 Å². The van der Waals surface area contributed by atoms with Crippen molar-refractivity contribution in [3.8, 4) is 0 Å². The van der Waals surface area contributed by atoms with Gasteiger partial charge in [-0.15, -0.1) is 0 Å². The quantitative estimate of drug-likeness (QED) is 0.533. The molecule has 0 unspecified atom stereocenters. The van der Waals surface area contributed by atoms with Gasteiger partial charge in [0, 0.05) is 0 Å². The van der Waals surface area contributed by atoms with Crippen LogP contribution in [0.4, 0.5) is 0 Å². The Balaban J connectivity index is 2.59. The largest absolute Gasteiger partial charge is 0.480 e. The minimum absolute atomic E-state index is 0.0378. The van der Waals surface area contributed by atoms with Gasteiger partial charge >= 0.3 is 5.97 Å².